The molecule has 1 aliphatic heterocycles. The predicted octanol–water partition coefficient (Wildman–Crippen LogP) is 8.09. The molecule has 2 rings (SSSR count). The zero-order valence-electron chi connectivity index (χ0n) is 39.2. The number of esters is 2. The molecular formula is C45H77N3O16P2. The summed E-state index contributed by atoms with van der Waals surface area (Å²) >= 11 is 0. The molecule has 0 amide bonds. The van der Waals surface area contributed by atoms with E-state index >= 15 is 0 Å². The van der Waals surface area contributed by atoms with Crippen LogP contribution in [-0.4, -0.2) is 91.5 Å². The molecule has 1 aromatic rings. The van der Waals surface area contributed by atoms with Gasteiger partial charge in [0.2, 0.25) is 0 Å². The molecule has 0 spiro atoms. The molecule has 0 aliphatic carbocycles. The number of phosphoric acid groups is 2. The van der Waals surface area contributed by atoms with Gasteiger partial charge in [0, 0.05) is 25.5 Å². The number of nitrogens with zero attached hydrogens (tertiary/aromatic N) is 2. The highest BCUT2D eigenvalue weighted by atomic mass is 31.3. The van der Waals surface area contributed by atoms with Crippen LogP contribution in [0.25, 0.3) is 0 Å². The molecule has 21 heteroatoms. The van der Waals surface area contributed by atoms with Gasteiger partial charge in [0.1, 0.15) is 30.7 Å². The molecular weight excluding hydrogens is 900 g/mol. The van der Waals surface area contributed by atoms with Gasteiger partial charge in [-0.25, -0.2) is 13.9 Å². The normalized spacial score (nSPS) is 19.9. The van der Waals surface area contributed by atoms with E-state index in [0.29, 0.717) is 19.3 Å². The summed E-state index contributed by atoms with van der Waals surface area (Å²) < 4.78 is 56.6. The standard InChI is InChI=1S/C45H77N3O16P2/c1-4-5-20-26-36(49)27-22-17-13-9-7-10-14-18-23-28-40(50)59-32-37(62-41(51)29-24-19-15-11-6-8-12-16-21-25-35(2)3)33-60-65(55,56)64-66(57,58)61-34-38-42(52)43(53)44(63-38)48-31-30-39(46)47-45(48)54/h13,17,22,27,30-31,35,37-38,42-44,52-53H,4-12,14-16,18-21,23-26,28-29,32-34H2,1-3H3,(H,55,56)(H,57,58)(H2,46,47,54)/b17-13-,27-22+/t37-,38-,42-,43-,44-/m1/s1. The van der Waals surface area contributed by atoms with Gasteiger partial charge < -0.3 is 39.9 Å². The number of hydrogen-bond donors (Lipinski definition) is 5. The van der Waals surface area contributed by atoms with Crippen LogP contribution in [-0.2, 0) is 51.1 Å². The highest BCUT2D eigenvalue weighted by Crippen LogP contribution is 2.60. The number of aliphatic hydroxyl groups excluding tert-OH is 2. The first-order valence-electron chi connectivity index (χ1n) is 23.7. The number of aromatic nitrogens is 2. The second kappa shape index (κ2) is 33.4. The fourth-order valence-corrected chi connectivity index (χ4v) is 9.06. The Balaban J connectivity index is 1.84. The van der Waals surface area contributed by atoms with Crippen LogP contribution in [0.15, 0.2) is 41.4 Å². The SMILES string of the molecule is CCCCCC(=O)/C=C/C=C\CCCCCCCC(=O)OC[C@H](COP(=O)(O)OP(=O)(O)OC[C@H]1O[C@@H](n2ccc(N)nc2=O)[C@H](O)[C@@H]1O)OC(=O)CCCCCCCCCCCC(C)C. The molecule has 1 aliphatic rings. The molecule has 2 heterocycles. The Morgan fingerprint density at radius 1 is 0.803 bits per heavy atom. The molecule has 1 saturated heterocycles. The number of carbonyl (C=O) groups excluding carboxylic acids is 3. The van der Waals surface area contributed by atoms with Crippen molar-refractivity contribution in [2.45, 2.75) is 193 Å². The molecule has 7 atom stereocenters. The monoisotopic (exact) mass is 977 g/mol. The number of nitrogen functional groups attached to an aromatic ring is 1. The number of nitrogens with two attached hydrogens (primary N) is 1. The molecule has 0 saturated carbocycles. The predicted molar refractivity (Wildman–Crippen MR) is 248 cm³/mol. The van der Waals surface area contributed by atoms with E-state index in [1.54, 1.807) is 12.2 Å². The first-order chi connectivity index (χ1) is 31.4. The number of unbranched alkanes of at least 4 members (excludes halogenated alkanes) is 15. The Morgan fingerprint density at radius 3 is 2.03 bits per heavy atom. The van der Waals surface area contributed by atoms with Gasteiger partial charge in [0.25, 0.3) is 0 Å². The van der Waals surface area contributed by atoms with Gasteiger partial charge in [-0.2, -0.15) is 9.29 Å². The van der Waals surface area contributed by atoms with Gasteiger partial charge in [0.15, 0.2) is 18.1 Å². The average molecular weight is 978 g/mol. The van der Waals surface area contributed by atoms with Crippen molar-refractivity contribution in [3.8, 4) is 0 Å². The van der Waals surface area contributed by atoms with Crippen molar-refractivity contribution in [1.29, 1.82) is 0 Å². The lowest BCUT2D eigenvalue weighted by Crippen LogP contribution is -2.36. The number of carbonyl (C=O) groups is 3. The largest absolute Gasteiger partial charge is 0.481 e. The summed E-state index contributed by atoms with van der Waals surface area (Å²) in [6.45, 7) is 4.20. The van der Waals surface area contributed by atoms with E-state index in [-0.39, 0.29) is 24.4 Å². The molecule has 378 valence electrons. The maximum Gasteiger partial charge on any atom is 0.481 e. The van der Waals surface area contributed by atoms with Crippen molar-refractivity contribution >= 4 is 39.2 Å². The lowest BCUT2D eigenvalue weighted by atomic mass is 10.0. The van der Waals surface area contributed by atoms with E-state index < -0.39 is 83.7 Å². The first kappa shape index (κ1) is 59.0. The Morgan fingerprint density at radius 2 is 1.39 bits per heavy atom. The second-order valence-corrected chi connectivity index (χ2v) is 20.2. The minimum atomic E-state index is -5.43. The molecule has 2 unspecified atom stereocenters. The second-order valence-electron chi connectivity index (χ2n) is 17.1. The van der Waals surface area contributed by atoms with Gasteiger partial charge in [-0.3, -0.25) is 28.0 Å². The smallest absolute Gasteiger partial charge is 0.462 e. The number of ether oxygens (including phenoxy) is 3. The third kappa shape index (κ3) is 27.0. The van der Waals surface area contributed by atoms with Crippen molar-refractivity contribution in [2.75, 3.05) is 25.6 Å². The Labute approximate surface area is 390 Å². The Bertz CT molecular complexity index is 1780. The Kier molecular flexibility index (Phi) is 29.9. The van der Waals surface area contributed by atoms with Crippen molar-refractivity contribution in [3.63, 3.8) is 0 Å². The van der Waals surface area contributed by atoms with E-state index in [1.165, 1.54) is 38.2 Å². The molecule has 6 N–H and O–H groups in total. The average Bonchev–Trinajstić information content (AvgIpc) is 3.53. The maximum absolute atomic E-state index is 12.8. The highest BCUT2D eigenvalue weighted by Gasteiger charge is 2.46. The minimum absolute atomic E-state index is 0.0338. The van der Waals surface area contributed by atoms with E-state index in [1.807, 2.05) is 12.2 Å². The van der Waals surface area contributed by atoms with Gasteiger partial charge in [-0.15, -0.1) is 0 Å². The molecule has 0 radical (unpaired) electrons. The quantitative estimate of drug-likeness (QED) is 0.0138. The van der Waals surface area contributed by atoms with E-state index in [0.717, 1.165) is 93.7 Å². The zero-order chi connectivity index (χ0) is 48.8. The third-order valence-corrected chi connectivity index (χ3v) is 13.3. The van der Waals surface area contributed by atoms with Crippen molar-refractivity contribution in [3.05, 3.63) is 47.1 Å². The topological polar surface area (TPSA) is 283 Å². The van der Waals surface area contributed by atoms with Gasteiger partial charge in [-0.1, -0.05) is 129 Å². The van der Waals surface area contributed by atoms with Crippen molar-refractivity contribution in [1.82, 2.24) is 9.55 Å². The minimum Gasteiger partial charge on any atom is -0.462 e. The number of aliphatic hydroxyl groups is 2. The van der Waals surface area contributed by atoms with Crippen LogP contribution in [0.3, 0.4) is 0 Å². The van der Waals surface area contributed by atoms with Gasteiger partial charge in [-0.05, 0) is 50.2 Å². The van der Waals surface area contributed by atoms with E-state index in [9.17, 15) is 48.3 Å². The lowest BCUT2D eigenvalue weighted by Gasteiger charge is -2.21. The summed E-state index contributed by atoms with van der Waals surface area (Å²) in [5.74, 6) is -0.503. The number of hydrogen-bond acceptors (Lipinski definition) is 16. The molecule has 1 fully saturated rings. The lowest BCUT2D eigenvalue weighted by molar-refractivity contribution is -0.161. The summed E-state index contributed by atoms with van der Waals surface area (Å²) in [5, 5.41) is 20.9. The van der Waals surface area contributed by atoms with Crippen LogP contribution in [0, 0.1) is 5.92 Å². The van der Waals surface area contributed by atoms with Crippen molar-refractivity contribution < 1.29 is 71.1 Å². The zero-order valence-corrected chi connectivity index (χ0v) is 40.9. The number of rotatable bonds is 38. The Hall–Kier alpha value is -3.09. The number of anilines is 1. The molecule has 0 aromatic carbocycles. The van der Waals surface area contributed by atoms with E-state index in [4.69, 9.17) is 29.0 Å². The first-order valence-corrected chi connectivity index (χ1v) is 26.7. The van der Waals surface area contributed by atoms with Crippen LogP contribution >= 0.6 is 15.6 Å². The molecule has 1 aromatic heterocycles. The fraction of sp³-hybridized carbons (Fsp3) is 0.756. The van der Waals surface area contributed by atoms with Crippen LogP contribution in [0.5, 0.6) is 0 Å². The van der Waals surface area contributed by atoms with Crippen LogP contribution < -0.4 is 11.4 Å². The van der Waals surface area contributed by atoms with Gasteiger partial charge >= 0.3 is 33.3 Å². The van der Waals surface area contributed by atoms with Gasteiger partial charge in [0.05, 0.1) is 13.2 Å². The third-order valence-electron chi connectivity index (χ3n) is 10.7. The maximum atomic E-state index is 12.8. The summed E-state index contributed by atoms with van der Waals surface area (Å²) in [4.78, 5) is 73.5. The van der Waals surface area contributed by atoms with Crippen LogP contribution in [0.2, 0.25) is 0 Å². The fourth-order valence-electron chi connectivity index (χ4n) is 6.95. The number of ketones is 1. The highest BCUT2D eigenvalue weighted by molar-refractivity contribution is 7.61. The summed E-state index contributed by atoms with van der Waals surface area (Å²) in [5.41, 5.74) is 4.57. The number of phosphoric ester groups is 2. The molecule has 19 nitrogen and oxygen atoms in total. The summed E-state index contributed by atoms with van der Waals surface area (Å²) in [7, 11) is -10.9. The summed E-state index contributed by atoms with van der Waals surface area (Å²) in [6, 6.07) is 1.24. The summed E-state index contributed by atoms with van der Waals surface area (Å²) in [6.07, 6.45) is 19.9. The number of allylic oxidation sites excluding steroid dienone is 4. The van der Waals surface area contributed by atoms with Crippen LogP contribution in [0.4, 0.5) is 5.82 Å². The molecule has 0 bridgehead atoms. The van der Waals surface area contributed by atoms with Crippen molar-refractivity contribution in [2.24, 2.45) is 5.92 Å². The van der Waals surface area contributed by atoms with E-state index in [2.05, 4.69) is 30.1 Å². The van der Waals surface area contributed by atoms with Crippen LogP contribution in [0.1, 0.15) is 168 Å². The molecule has 66 heavy (non-hydrogen) atoms.